The predicted octanol–water partition coefficient (Wildman–Crippen LogP) is 2.66. The summed E-state index contributed by atoms with van der Waals surface area (Å²) in [6, 6.07) is 0. The highest BCUT2D eigenvalue weighted by atomic mass is 16.5. The predicted molar refractivity (Wildman–Crippen MR) is 82.9 cm³/mol. The molecule has 116 valence electrons. The van der Waals surface area contributed by atoms with Crippen LogP contribution in [0.1, 0.15) is 51.9 Å². The van der Waals surface area contributed by atoms with Crippen molar-refractivity contribution in [1.82, 2.24) is 10.2 Å². The van der Waals surface area contributed by atoms with Gasteiger partial charge < -0.3 is 15.0 Å². The summed E-state index contributed by atoms with van der Waals surface area (Å²) in [4.78, 5) is 2.70. The van der Waals surface area contributed by atoms with Crippen molar-refractivity contribution in [2.75, 3.05) is 32.7 Å². The Morgan fingerprint density at radius 3 is 2.65 bits per heavy atom. The third kappa shape index (κ3) is 3.75. The molecule has 1 N–H and O–H groups in total. The van der Waals surface area contributed by atoms with Gasteiger partial charge in [0.1, 0.15) is 0 Å². The lowest BCUT2D eigenvalue weighted by Gasteiger charge is -2.42. The number of rotatable bonds is 5. The fraction of sp³-hybridized carbons (Fsp3) is 1.00. The number of likely N-dealkylation sites (N-methyl/N-ethyl adjacent to an activating group) is 1. The number of hydrogen-bond acceptors (Lipinski definition) is 3. The van der Waals surface area contributed by atoms with Crippen molar-refractivity contribution in [2.45, 2.75) is 64.1 Å². The first kappa shape index (κ1) is 14.8. The van der Waals surface area contributed by atoms with Crippen LogP contribution in [0.25, 0.3) is 0 Å². The van der Waals surface area contributed by atoms with Gasteiger partial charge in [-0.15, -0.1) is 0 Å². The van der Waals surface area contributed by atoms with Gasteiger partial charge in [0.25, 0.3) is 0 Å². The van der Waals surface area contributed by atoms with Crippen LogP contribution in [-0.4, -0.2) is 49.8 Å². The molecule has 0 spiro atoms. The standard InChI is InChI=1S/C17H32N2O/c1-2-18-11-16-7-8-17(20-16)13-19-10-9-14-5-3-4-6-15(14)12-19/h14-18H,2-13H2,1H3. The summed E-state index contributed by atoms with van der Waals surface area (Å²) in [5.74, 6) is 2.04. The summed E-state index contributed by atoms with van der Waals surface area (Å²) in [7, 11) is 0. The summed E-state index contributed by atoms with van der Waals surface area (Å²) in [5, 5.41) is 3.41. The molecule has 0 aromatic rings. The molecule has 0 aromatic heterocycles. The Labute approximate surface area is 124 Å². The molecule has 1 aliphatic carbocycles. The molecule has 4 atom stereocenters. The van der Waals surface area contributed by atoms with E-state index >= 15 is 0 Å². The van der Waals surface area contributed by atoms with Crippen LogP contribution >= 0.6 is 0 Å². The van der Waals surface area contributed by atoms with Gasteiger partial charge in [0.05, 0.1) is 12.2 Å². The molecule has 20 heavy (non-hydrogen) atoms. The topological polar surface area (TPSA) is 24.5 Å². The van der Waals surface area contributed by atoms with E-state index in [-0.39, 0.29) is 0 Å². The third-order valence-corrected chi connectivity index (χ3v) is 5.65. The van der Waals surface area contributed by atoms with Gasteiger partial charge in [0.2, 0.25) is 0 Å². The minimum absolute atomic E-state index is 0.465. The Kier molecular flexibility index (Phi) is 5.36. The van der Waals surface area contributed by atoms with Gasteiger partial charge in [0, 0.05) is 19.6 Å². The van der Waals surface area contributed by atoms with Crippen LogP contribution < -0.4 is 5.32 Å². The first-order chi connectivity index (χ1) is 9.85. The Balaban J connectivity index is 1.40. The molecule has 4 unspecified atom stereocenters. The highest BCUT2D eigenvalue weighted by molar-refractivity contribution is 4.86. The fourth-order valence-corrected chi connectivity index (χ4v) is 4.50. The van der Waals surface area contributed by atoms with Crippen LogP contribution in [0.5, 0.6) is 0 Å². The maximum absolute atomic E-state index is 6.20. The zero-order chi connectivity index (χ0) is 13.8. The molecule has 3 heteroatoms. The molecule has 2 heterocycles. The lowest BCUT2D eigenvalue weighted by atomic mass is 9.75. The van der Waals surface area contributed by atoms with Crippen LogP contribution in [0.4, 0.5) is 0 Å². The number of nitrogens with zero attached hydrogens (tertiary/aromatic N) is 1. The molecule has 3 rings (SSSR count). The number of likely N-dealkylation sites (tertiary alicyclic amines) is 1. The molecular weight excluding hydrogens is 248 g/mol. The normalized spacial score (nSPS) is 38.9. The highest BCUT2D eigenvalue weighted by Crippen LogP contribution is 2.36. The largest absolute Gasteiger partial charge is 0.372 e. The quantitative estimate of drug-likeness (QED) is 0.838. The molecule has 3 fully saturated rings. The second-order valence-electron chi connectivity index (χ2n) is 7.12. The Morgan fingerprint density at radius 1 is 1.00 bits per heavy atom. The zero-order valence-electron chi connectivity index (χ0n) is 13.2. The van der Waals surface area contributed by atoms with E-state index < -0.39 is 0 Å². The summed E-state index contributed by atoms with van der Waals surface area (Å²) in [6.07, 6.45) is 10.9. The van der Waals surface area contributed by atoms with Crippen LogP contribution in [0.2, 0.25) is 0 Å². The van der Waals surface area contributed by atoms with Crippen molar-refractivity contribution in [2.24, 2.45) is 11.8 Å². The van der Waals surface area contributed by atoms with Crippen LogP contribution in [0, 0.1) is 11.8 Å². The average molecular weight is 280 g/mol. The van der Waals surface area contributed by atoms with E-state index in [1.54, 1.807) is 0 Å². The SMILES string of the molecule is CCNCC1CCC(CN2CCC3CCCCC3C2)O1. The Morgan fingerprint density at radius 2 is 1.80 bits per heavy atom. The van der Waals surface area contributed by atoms with Crippen LogP contribution in [0.3, 0.4) is 0 Å². The van der Waals surface area contributed by atoms with Gasteiger partial charge in [-0.3, -0.25) is 0 Å². The molecule has 3 aliphatic rings. The molecule has 3 nitrogen and oxygen atoms in total. The van der Waals surface area contributed by atoms with Crippen LogP contribution in [0.15, 0.2) is 0 Å². The Bertz CT molecular complexity index is 297. The minimum Gasteiger partial charge on any atom is -0.372 e. The summed E-state index contributed by atoms with van der Waals surface area (Å²) < 4.78 is 6.20. The molecule has 0 aromatic carbocycles. The molecular formula is C17H32N2O. The fourth-order valence-electron chi connectivity index (χ4n) is 4.50. The summed E-state index contributed by atoms with van der Waals surface area (Å²) >= 11 is 0. The monoisotopic (exact) mass is 280 g/mol. The van der Waals surface area contributed by atoms with Gasteiger partial charge in [0.15, 0.2) is 0 Å². The van der Waals surface area contributed by atoms with E-state index in [1.807, 2.05) is 0 Å². The van der Waals surface area contributed by atoms with Crippen molar-refractivity contribution in [3.05, 3.63) is 0 Å². The average Bonchev–Trinajstić information content (AvgIpc) is 2.92. The zero-order valence-corrected chi connectivity index (χ0v) is 13.2. The minimum atomic E-state index is 0.465. The van der Waals surface area contributed by atoms with Gasteiger partial charge in [-0.05, 0) is 50.6 Å². The second kappa shape index (κ2) is 7.24. The van der Waals surface area contributed by atoms with Gasteiger partial charge in [-0.1, -0.05) is 26.2 Å². The van der Waals surface area contributed by atoms with Crippen molar-refractivity contribution in [3.8, 4) is 0 Å². The van der Waals surface area contributed by atoms with Gasteiger partial charge >= 0.3 is 0 Å². The summed E-state index contributed by atoms with van der Waals surface area (Å²) in [6.45, 7) is 8.12. The van der Waals surface area contributed by atoms with E-state index in [0.717, 1.165) is 24.9 Å². The molecule has 1 saturated carbocycles. The molecule has 0 radical (unpaired) electrons. The van der Waals surface area contributed by atoms with Gasteiger partial charge in [-0.25, -0.2) is 0 Å². The molecule has 2 saturated heterocycles. The van der Waals surface area contributed by atoms with Crippen molar-refractivity contribution in [3.63, 3.8) is 0 Å². The lowest BCUT2D eigenvalue weighted by molar-refractivity contribution is 0.00308. The maximum Gasteiger partial charge on any atom is 0.0707 e. The highest BCUT2D eigenvalue weighted by Gasteiger charge is 2.33. The van der Waals surface area contributed by atoms with Crippen molar-refractivity contribution in [1.29, 1.82) is 0 Å². The summed E-state index contributed by atoms with van der Waals surface area (Å²) in [5.41, 5.74) is 0. The number of nitrogens with one attached hydrogen (secondary N) is 1. The molecule has 0 bridgehead atoms. The number of hydrogen-bond donors (Lipinski definition) is 1. The third-order valence-electron chi connectivity index (χ3n) is 5.65. The lowest BCUT2D eigenvalue weighted by Crippen LogP contribution is -2.44. The van der Waals surface area contributed by atoms with E-state index in [1.165, 1.54) is 64.6 Å². The van der Waals surface area contributed by atoms with Crippen molar-refractivity contribution < 1.29 is 4.74 Å². The number of ether oxygens (including phenoxy) is 1. The number of piperidine rings is 1. The van der Waals surface area contributed by atoms with Crippen LogP contribution in [-0.2, 0) is 4.74 Å². The van der Waals surface area contributed by atoms with Crippen molar-refractivity contribution >= 4 is 0 Å². The van der Waals surface area contributed by atoms with E-state index in [9.17, 15) is 0 Å². The number of fused-ring (bicyclic) bond motifs is 1. The van der Waals surface area contributed by atoms with E-state index in [4.69, 9.17) is 4.74 Å². The smallest absolute Gasteiger partial charge is 0.0707 e. The maximum atomic E-state index is 6.20. The van der Waals surface area contributed by atoms with Gasteiger partial charge in [-0.2, -0.15) is 0 Å². The van der Waals surface area contributed by atoms with E-state index in [0.29, 0.717) is 12.2 Å². The molecule has 0 amide bonds. The van der Waals surface area contributed by atoms with E-state index in [2.05, 4.69) is 17.1 Å². The first-order valence-electron chi connectivity index (χ1n) is 8.93. The molecule has 2 aliphatic heterocycles. The second-order valence-corrected chi connectivity index (χ2v) is 7.12. The first-order valence-corrected chi connectivity index (χ1v) is 8.93. The Hall–Kier alpha value is -0.120.